The number of carbonyl (C=O) groups is 1. The number of hydrogen-bond donors (Lipinski definition) is 1. The van der Waals surface area contributed by atoms with E-state index in [1.54, 1.807) is 11.8 Å². The van der Waals surface area contributed by atoms with Crippen molar-refractivity contribution in [2.24, 2.45) is 0 Å². The lowest BCUT2D eigenvalue weighted by molar-refractivity contribution is 0.102. The van der Waals surface area contributed by atoms with Gasteiger partial charge >= 0.3 is 0 Å². The molecule has 3 aromatic rings. The molecule has 0 atom stereocenters. The van der Waals surface area contributed by atoms with Crippen LogP contribution in [0.25, 0.3) is 0 Å². The number of piperazine rings is 1. The molecule has 1 aliphatic rings. The number of carbonyl (C=O) groups excluding carboxylic acids is 1. The van der Waals surface area contributed by atoms with Crippen LogP contribution in [-0.4, -0.2) is 54.0 Å². The second kappa shape index (κ2) is 10.3. The van der Waals surface area contributed by atoms with E-state index in [9.17, 15) is 4.79 Å². The summed E-state index contributed by atoms with van der Waals surface area (Å²) >= 11 is 7.80. The minimum atomic E-state index is -0.122. The van der Waals surface area contributed by atoms with E-state index in [4.69, 9.17) is 16.6 Å². The summed E-state index contributed by atoms with van der Waals surface area (Å²) < 4.78 is 0. The lowest BCUT2D eigenvalue weighted by Gasteiger charge is -2.33. The summed E-state index contributed by atoms with van der Waals surface area (Å²) in [5.41, 5.74) is 3.65. The monoisotopic (exact) mass is 467 g/mol. The van der Waals surface area contributed by atoms with Gasteiger partial charge in [-0.15, -0.1) is 0 Å². The maximum Gasteiger partial charge on any atom is 0.255 e. The van der Waals surface area contributed by atoms with Gasteiger partial charge in [-0.2, -0.15) is 0 Å². The molecule has 2 heterocycles. The van der Waals surface area contributed by atoms with E-state index in [2.05, 4.69) is 27.1 Å². The Labute approximate surface area is 198 Å². The van der Waals surface area contributed by atoms with Crippen molar-refractivity contribution in [3.8, 4) is 0 Å². The Hall–Kier alpha value is -2.61. The van der Waals surface area contributed by atoms with Gasteiger partial charge in [-0.25, -0.2) is 9.97 Å². The van der Waals surface area contributed by atoms with E-state index in [1.165, 1.54) is 0 Å². The molecule has 166 valence electrons. The fourth-order valence-electron chi connectivity index (χ4n) is 3.39. The summed E-state index contributed by atoms with van der Waals surface area (Å²) in [5, 5.41) is 4.04. The van der Waals surface area contributed by atoms with Gasteiger partial charge in [0.05, 0.1) is 0 Å². The van der Waals surface area contributed by atoms with Crippen molar-refractivity contribution in [1.29, 1.82) is 0 Å². The molecule has 1 saturated heterocycles. The van der Waals surface area contributed by atoms with Gasteiger partial charge in [0.15, 0.2) is 5.16 Å². The quantitative estimate of drug-likeness (QED) is 0.321. The largest absolute Gasteiger partial charge is 0.354 e. The van der Waals surface area contributed by atoms with Crippen LogP contribution in [0.1, 0.15) is 21.5 Å². The summed E-state index contributed by atoms with van der Waals surface area (Å²) in [6, 6.07) is 17.2. The van der Waals surface area contributed by atoms with E-state index >= 15 is 0 Å². The first-order valence-corrected chi connectivity index (χ1v) is 11.9. The maximum atomic E-state index is 12.5. The average Bonchev–Trinajstić information content (AvgIpc) is 2.79. The van der Waals surface area contributed by atoms with Crippen LogP contribution in [0.3, 0.4) is 0 Å². The predicted octanol–water partition coefficient (Wildman–Crippen LogP) is 4.73. The summed E-state index contributed by atoms with van der Waals surface area (Å²) in [5.74, 6) is 1.45. The number of amides is 1. The Morgan fingerprint density at radius 3 is 2.41 bits per heavy atom. The van der Waals surface area contributed by atoms with Crippen LogP contribution < -0.4 is 10.2 Å². The molecule has 1 aliphatic heterocycles. The zero-order valence-corrected chi connectivity index (χ0v) is 19.8. The van der Waals surface area contributed by atoms with Crippen LogP contribution in [0.5, 0.6) is 0 Å². The zero-order chi connectivity index (χ0) is 22.5. The van der Waals surface area contributed by atoms with E-state index < -0.39 is 0 Å². The Morgan fingerprint density at radius 2 is 1.72 bits per heavy atom. The lowest BCUT2D eigenvalue weighted by Crippen LogP contribution is -2.44. The van der Waals surface area contributed by atoms with Gasteiger partial charge in [0.25, 0.3) is 5.91 Å². The number of anilines is 2. The highest BCUT2D eigenvalue weighted by atomic mass is 35.5. The fraction of sp³-hybridized carbons (Fsp3) is 0.292. The Bertz CT molecular complexity index is 1070. The van der Waals surface area contributed by atoms with E-state index in [1.807, 2.05) is 61.5 Å². The van der Waals surface area contributed by atoms with Crippen LogP contribution in [0.4, 0.5) is 11.5 Å². The van der Waals surface area contributed by atoms with Gasteiger partial charge in [0, 0.05) is 49.2 Å². The third-order valence-corrected chi connectivity index (χ3v) is 6.49. The molecule has 1 amide bonds. The minimum absolute atomic E-state index is 0.122. The Kier molecular flexibility index (Phi) is 7.29. The highest BCUT2D eigenvalue weighted by Crippen LogP contribution is 2.25. The summed E-state index contributed by atoms with van der Waals surface area (Å²) in [7, 11) is 2.13. The molecule has 0 bridgehead atoms. The number of aromatic nitrogens is 2. The lowest BCUT2D eigenvalue weighted by atomic mass is 10.1. The normalized spacial score (nSPS) is 14.4. The highest BCUT2D eigenvalue weighted by Gasteiger charge is 2.17. The van der Waals surface area contributed by atoms with Gasteiger partial charge in [-0.1, -0.05) is 53.2 Å². The number of rotatable bonds is 6. The van der Waals surface area contributed by atoms with Gasteiger partial charge < -0.3 is 15.1 Å². The number of likely N-dealkylation sites (N-methyl/N-ethyl adjacent to an activating group) is 1. The van der Waals surface area contributed by atoms with Crippen molar-refractivity contribution < 1.29 is 4.79 Å². The zero-order valence-electron chi connectivity index (χ0n) is 18.2. The number of hydrogen-bond acceptors (Lipinski definition) is 6. The first-order chi connectivity index (χ1) is 15.5. The van der Waals surface area contributed by atoms with Crippen molar-refractivity contribution in [2.45, 2.75) is 17.8 Å². The molecule has 1 aromatic heterocycles. The maximum absolute atomic E-state index is 12.5. The first kappa shape index (κ1) is 22.6. The van der Waals surface area contributed by atoms with Crippen LogP contribution in [-0.2, 0) is 5.75 Å². The summed E-state index contributed by atoms with van der Waals surface area (Å²) in [4.78, 5) is 26.1. The van der Waals surface area contributed by atoms with Gasteiger partial charge in [-0.3, -0.25) is 4.79 Å². The highest BCUT2D eigenvalue weighted by molar-refractivity contribution is 7.98. The number of halogens is 1. The average molecular weight is 468 g/mol. The Balaban J connectivity index is 1.36. The molecule has 0 saturated carbocycles. The molecular formula is C24H26ClN5OS. The number of benzene rings is 2. The SMILES string of the molecule is Cc1ccc(NC(=O)c2ccc(CSc3nc(Cl)cc(N4CCN(C)CC4)n3)cc2)cc1. The molecule has 0 spiro atoms. The van der Waals surface area contributed by atoms with Crippen LogP contribution in [0, 0.1) is 6.92 Å². The standard InChI is InChI=1S/C24H26ClN5OS/c1-17-3-9-20(10-4-17)26-23(31)19-7-5-18(6-8-19)16-32-24-27-21(25)15-22(28-24)30-13-11-29(2)12-14-30/h3-10,15H,11-14,16H2,1-2H3,(H,26,31). The van der Waals surface area contributed by atoms with Crippen molar-refractivity contribution >= 4 is 40.8 Å². The number of thioether (sulfide) groups is 1. The molecule has 8 heteroatoms. The second-order valence-corrected chi connectivity index (χ2v) is 9.26. The summed E-state index contributed by atoms with van der Waals surface area (Å²) in [6.45, 7) is 5.89. The van der Waals surface area contributed by atoms with Crippen LogP contribution in [0.2, 0.25) is 5.15 Å². The minimum Gasteiger partial charge on any atom is -0.354 e. The molecule has 32 heavy (non-hydrogen) atoms. The van der Waals surface area contributed by atoms with E-state index in [0.29, 0.717) is 21.6 Å². The molecule has 0 aliphatic carbocycles. The molecule has 2 aromatic carbocycles. The smallest absolute Gasteiger partial charge is 0.255 e. The first-order valence-electron chi connectivity index (χ1n) is 10.5. The van der Waals surface area contributed by atoms with Crippen molar-refractivity contribution in [1.82, 2.24) is 14.9 Å². The third kappa shape index (κ3) is 6.00. The molecular weight excluding hydrogens is 442 g/mol. The van der Waals surface area contributed by atoms with Crippen molar-refractivity contribution in [3.05, 3.63) is 76.4 Å². The van der Waals surface area contributed by atoms with Gasteiger partial charge in [0.1, 0.15) is 11.0 Å². The van der Waals surface area contributed by atoms with Crippen LogP contribution in [0.15, 0.2) is 59.8 Å². The topological polar surface area (TPSA) is 61.4 Å². The van der Waals surface area contributed by atoms with E-state index in [0.717, 1.165) is 48.8 Å². The van der Waals surface area contributed by atoms with Crippen molar-refractivity contribution in [3.63, 3.8) is 0 Å². The molecule has 0 radical (unpaired) electrons. The second-order valence-electron chi connectivity index (χ2n) is 7.93. The molecule has 1 fully saturated rings. The molecule has 1 N–H and O–H groups in total. The number of aryl methyl sites for hydroxylation is 1. The summed E-state index contributed by atoms with van der Waals surface area (Å²) in [6.07, 6.45) is 0. The predicted molar refractivity (Wildman–Crippen MR) is 132 cm³/mol. The number of nitrogens with one attached hydrogen (secondary N) is 1. The van der Waals surface area contributed by atoms with E-state index in [-0.39, 0.29) is 5.91 Å². The molecule has 6 nitrogen and oxygen atoms in total. The molecule has 0 unspecified atom stereocenters. The van der Waals surface area contributed by atoms with Gasteiger partial charge in [0.2, 0.25) is 0 Å². The van der Waals surface area contributed by atoms with Crippen molar-refractivity contribution in [2.75, 3.05) is 43.4 Å². The van der Waals surface area contributed by atoms with Crippen LogP contribution >= 0.6 is 23.4 Å². The Morgan fingerprint density at radius 1 is 1.03 bits per heavy atom. The van der Waals surface area contributed by atoms with Gasteiger partial charge in [-0.05, 0) is 43.8 Å². The molecule has 4 rings (SSSR count). The number of nitrogens with zero attached hydrogens (tertiary/aromatic N) is 4. The third-order valence-electron chi connectivity index (χ3n) is 5.38. The fourth-order valence-corrected chi connectivity index (χ4v) is 4.42.